The van der Waals surface area contributed by atoms with Crippen LogP contribution >= 0.6 is 15.9 Å². The molecule has 0 fully saturated rings. The summed E-state index contributed by atoms with van der Waals surface area (Å²) >= 11 is 3.42. The topological polar surface area (TPSA) is 26.3 Å². The van der Waals surface area contributed by atoms with Crippen molar-refractivity contribution in [3.63, 3.8) is 0 Å². The van der Waals surface area contributed by atoms with Gasteiger partial charge in [0, 0.05) is 11.8 Å². The molecule has 0 heterocycles. The summed E-state index contributed by atoms with van der Waals surface area (Å²) in [5, 5.41) is 1.07. The number of alkyl halides is 1. The SMILES string of the molecule is CCCCCCCCCCCCCCOC(=O)CCCCCCBr. The van der Waals surface area contributed by atoms with Crippen LogP contribution in [0.1, 0.15) is 116 Å². The molecule has 0 atom stereocenters. The molecule has 0 spiro atoms. The highest BCUT2D eigenvalue weighted by molar-refractivity contribution is 9.09. The van der Waals surface area contributed by atoms with Crippen molar-refractivity contribution >= 4 is 21.9 Å². The van der Waals surface area contributed by atoms with Crippen LogP contribution in [0.3, 0.4) is 0 Å². The van der Waals surface area contributed by atoms with Gasteiger partial charge in [-0.3, -0.25) is 4.79 Å². The van der Waals surface area contributed by atoms with Crippen molar-refractivity contribution in [2.45, 2.75) is 116 Å². The maximum atomic E-state index is 11.5. The molecule has 0 aliphatic carbocycles. The maximum absolute atomic E-state index is 11.5. The monoisotopic (exact) mass is 404 g/mol. The van der Waals surface area contributed by atoms with Crippen LogP contribution in [0.15, 0.2) is 0 Å². The summed E-state index contributed by atoms with van der Waals surface area (Å²) in [5.41, 5.74) is 0. The second-order valence-electron chi connectivity index (χ2n) is 6.96. The summed E-state index contributed by atoms with van der Waals surface area (Å²) in [7, 11) is 0. The quantitative estimate of drug-likeness (QED) is 0.126. The molecular formula is C21H41BrO2. The molecule has 3 heteroatoms. The third-order valence-electron chi connectivity index (χ3n) is 4.53. The number of rotatable bonds is 19. The fourth-order valence-electron chi connectivity index (χ4n) is 2.92. The Morgan fingerprint density at radius 3 is 1.67 bits per heavy atom. The first-order chi connectivity index (χ1) is 11.8. The average molecular weight is 405 g/mol. The fraction of sp³-hybridized carbons (Fsp3) is 0.952. The van der Waals surface area contributed by atoms with Gasteiger partial charge in [-0.1, -0.05) is 106 Å². The zero-order valence-electron chi connectivity index (χ0n) is 16.1. The molecular weight excluding hydrogens is 364 g/mol. The van der Waals surface area contributed by atoms with E-state index in [0.717, 1.165) is 24.6 Å². The van der Waals surface area contributed by atoms with Crippen LogP contribution in [-0.4, -0.2) is 17.9 Å². The molecule has 0 aromatic heterocycles. The van der Waals surface area contributed by atoms with Gasteiger partial charge in [-0.05, 0) is 19.3 Å². The molecule has 0 saturated heterocycles. The summed E-state index contributed by atoms with van der Waals surface area (Å²) in [6.45, 7) is 2.89. The number of hydrogen-bond donors (Lipinski definition) is 0. The van der Waals surface area contributed by atoms with Crippen molar-refractivity contribution in [3.8, 4) is 0 Å². The molecule has 0 aliphatic heterocycles. The minimum atomic E-state index is -0.00286. The average Bonchev–Trinajstić information content (AvgIpc) is 2.59. The lowest BCUT2D eigenvalue weighted by atomic mass is 10.1. The second-order valence-corrected chi connectivity index (χ2v) is 7.76. The first-order valence-corrected chi connectivity index (χ1v) is 11.6. The smallest absolute Gasteiger partial charge is 0.305 e. The van der Waals surface area contributed by atoms with E-state index in [1.807, 2.05) is 0 Å². The van der Waals surface area contributed by atoms with Crippen molar-refractivity contribution in [3.05, 3.63) is 0 Å². The Hall–Kier alpha value is -0.0500. The fourth-order valence-corrected chi connectivity index (χ4v) is 3.32. The summed E-state index contributed by atoms with van der Waals surface area (Å²) in [6.07, 6.45) is 21.2. The summed E-state index contributed by atoms with van der Waals surface area (Å²) in [5.74, 6) is -0.00286. The van der Waals surface area contributed by atoms with Crippen molar-refractivity contribution < 1.29 is 9.53 Å². The Morgan fingerprint density at radius 2 is 1.12 bits per heavy atom. The van der Waals surface area contributed by atoms with Gasteiger partial charge in [0.2, 0.25) is 0 Å². The second kappa shape index (κ2) is 21.0. The summed E-state index contributed by atoms with van der Waals surface area (Å²) in [4.78, 5) is 11.5. The number of carbonyl (C=O) groups is 1. The highest BCUT2D eigenvalue weighted by Gasteiger charge is 2.02. The van der Waals surface area contributed by atoms with Crippen molar-refractivity contribution in [2.24, 2.45) is 0 Å². The number of carbonyl (C=O) groups excluding carboxylic acids is 1. The lowest BCUT2D eigenvalue weighted by Crippen LogP contribution is -2.05. The minimum absolute atomic E-state index is 0.00286. The van der Waals surface area contributed by atoms with Crippen LogP contribution in [0.4, 0.5) is 0 Å². The van der Waals surface area contributed by atoms with E-state index >= 15 is 0 Å². The standard InChI is InChI=1S/C21H41BrO2/c1-2-3-4-5-6-7-8-9-10-11-14-17-20-24-21(23)18-15-12-13-16-19-22/h2-20H2,1H3. The van der Waals surface area contributed by atoms with E-state index in [1.165, 1.54) is 83.5 Å². The molecule has 0 radical (unpaired) electrons. The molecule has 0 amide bonds. The van der Waals surface area contributed by atoms with Crippen LogP contribution in [-0.2, 0) is 9.53 Å². The summed E-state index contributed by atoms with van der Waals surface area (Å²) in [6, 6.07) is 0. The normalized spacial score (nSPS) is 10.9. The van der Waals surface area contributed by atoms with Gasteiger partial charge in [-0.2, -0.15) is 0 Å². The molecule has 0 aromatic rings. The first kappa shape index (κ1) is 23.9. The predicted octanol–water partition coefficient (Wildman–Crippen LogP) is 7.58. The molecule has 24 heavy (non-hydrogen) atoms. The van der Waals surface area contributed by atoms with Gasteiger partial charge in [0.1, 0.15) is 0 Å². The number of ether oxygens (including phenoxy) is 1. The van der Waals surface area contributed by atoms with Crippen LogP contribution in [0.5, 0.6) is 0 Å². The molecule has 0 rings (SSSR count). The van der Waals surface area contributed by atoms with Crippen LogP contribution in [0.2, 0.25) is 0 Å². The van der Waals surface area contributed by atoms with Crippen molar-refractivity contribution in [2.75, 3.05) is 11.9 Å². The van der Waals surface area contributed by atoms with Gasteiger partial charge in [0.15, 0.2) is 0 Å². The number of hydrogen-bond acceptors (Lipinski definition) is 2. The van der Waals surface area contributed by atoms with E-state index in [9.17, 15) is 4.79 Å². The molecule has 144 valence electrons. The highest BCUT2D eigenvalue weighted by atomic mass is 79.9. The lowest BCUT2D eigenvalue weighted by molar-refractivity contribution is -0.143. The Balaban J connectivity index is 3.10. The van der Waals surface area contributed by atoms with E-state index in [4.69, 9.17) is 4.74 Å². The highest BCUT2D eigenvalue weighted by Crippen LogP contribution is 2.12. The van der Waals surface area contributed by atoms with Gasteiger partial charge in [0.05, 0.1) is 6.61 Å². The largest absolute Gasteiger partial charge is 0.466 e. The molecule has 0 aromatic carbocycles. The lowest BCUT2D eigenvalue weighted by Gasteiger charge is -2.05. The van der Waals surface area contributed by atoms with E-state index in [1.54, 1.807) is 0 Å². The molecule has 0 bridgehead atoms. The Bertz CT molecular complexity index is 256. The van der Waals surface area contributed by atoms with E-state index < -0.39 is 0 Å². The third-order valence-corrected chi connectivity index (χ3v) is 5.09. The van der Waals surface area contributed by atoms with Crippen LogP contribution < -0.4 is 0 Å². The Labute approximate surface area is 159 Å². The van der Waals surface area contributed by atoms with Gasteiger partial charge in [-0.15, -0.1) is 0 Å². The third kappa shape index (κ3) is 20.0. The van der Waals surface area contributed by atoms with Gasteiger partial charge in [0.25, 0.3) is 0 Å². The molecule has 0 N–H and O–H groups in total. The minimum Gasteiger partial charge on any atom is -0.466 e. The summed E-state index contributed by atoms with van der Waals surface area (Å²) < 4.78 is 5.29. The van der Waals surface area contributed by atoms with Gasteiger partial charge in [-0.25, -0.2) is 0 Å². The van der Waals surface area contributed by atoms with Gasteiger partial charge >= 0.3 is 5.97 Å². The van der Waals surface area contributed by atoms with Crippen molar-refractivity contribution in [1.29, 1.82) is 0 Å². The predicted molar refractivity (Wildman–Crippen MR) is 109 cm³/mol. The number of esters is 1. The van der Waals surface area contributed by atoms with Crippen LogP contribution in [0, 0.1) is 0 Å². The zero-order chi connectivity index (χ0) is 17.7. The number of halogens is 1. The van der Waals surface area contributed by atoms with Crippen molar-refractivity contribution in [1.82, 2.24) is 0 Å². The molecule has 0 saturated carbocycles. The van der Waals surface area contributed by atoms with E-state index in [-0.39, 0.29) is 5.97 Å². The molecule has 2 nitrogen and oxygen atoms in total. The molecule has 0 unspecified atom stereocenters. The first-order valence-electron chi connectivity index (χ1n) is 10.5. The maximum Gasteiger partial charge on any atom is 0.305 e. The Morgan fingerprint density at radius 1 is 0.667 bits per heavy atom. The van der Waals surface area contributed by atoms with E-state index in [0.29, 0.717) is 13.0 Å². The number of unbranched alkanes of at least 4 members (excludes halogenated alkanes) is 14. The van der Waals surface area contributed by atoms with Crippen LogP contribution in [0.25, 0.3) is 0 Å². The van der Waals surface area contributed by atoms with E-state index in [2.05, 4.69) is 22.9 Å². The molecule has 0 aliphatic rings. The van der Waals surface area contributed by atoms with Gasteiger partial charge < -0.3 is 4.74 Å². The zero-order valence-corrected chi connectivity index (χ0v) is 17.7. The Kier molecular flexibility index (Phi) is 20.9.